The molecule has 0 saturated heterocycles. The first-order valence-corrected chi connectivity index (χ1v) is 8.91. The highest BCUT2D eigenvalue weighted by Crippen LogP contribution is 2.17. The van der Waals surface area contributed by atoms with Gasteiger partial charge in [-0.15, -0.1) is 0 Å². The minimum absolute atomic E-state index is 0.155. The van der Waals surface area contributed by atoms with Gasteiger partial charge >= 0.3 is 0 Å². The maximum atomic E-state index is 13.9. The number of halogens is 1. The maximum absolute atomic E-state index is 13.9. The predicted octanol–water partition coefficient (Wildman–Crippen LogP) is 1.70. The van der Waals surface area contributed by atoms with Gasteiger partial charge in [0.1, 0.15) is 11.5 Å². The third-order valence-corrected chi connectivity index (χ3v) is 3.99. The first-order chi connectivity index (χ1) is 13.5. The zero-order valence-corrected chi connectivity index (χ0v) is 16.1. The van der Waals surface area contributed by atoms with Crippen molar-refractivity contribution in [2.75, 3.05) is 12.4 Å². The van der Waals surface area contributed by atoms with Gasteiger partial charge in [0.05, 0.1) is 16.9 Å². The van der Waals surface area contributed by atoms with Crippen molar-refractivity contribution in [3.05, 3.63) is 64.3 Å². The highest BCUT2D eigenvalue weighted by atomic mass is 19.1. The molecule has 2 aromatic rings. The number of carbonyl (C=O) groups excluding carboxylic acids is 2. The van der Waals surface area contributed by atoms with Crippen molar-refractivity contribution in [2.24, 2.45) is 0 Å². The molecule has 28 heavy (non-hydrogen) atoms. The molecule has 0 spiro atoms. The van der Waals surface area contributed by atoms with Crippen molar-refractivity contribution in [3.8, 4) is 0 Å². The normalized spacial score (nSPS) is 12.4. The number of aryl methyl sites for hydroxylation is 1. The van der Waals surface area contributed by atoms with Crippen LogP contribution in [-0.4, -0.2) is 28.8 Å². The van der Waals surface area contributed by atoms with Crippen LogP contribution in [0.4, 0.5) is 10.1 Å². The fourth-order valence-electron chi connectivity index (χ4n) is 2.46. The second kappa shape index (κ2) is 10.1. The molecule has 2 amide bonds. The number of hydrogen-bond acceptors (Lipinski definition) is 4. The molecular weight excluding hydrogens is 359 g/mol. The molecule has 0 saturated carbocycles. The number of nitrogens with one attached hydrogen (secondary N) is 2. The highest BCUT2D eigenvalue weighted by molar-refractivity contribution is 6.02. The average molecular weight is 382 g/mol. The van der Waals surface area contributed by atoms with Gasteiger partial charge in [-0.25, -0.2) is 9.37 Å². The summed E-state index contributed by atoms with van der Waals surface area (Å²) in [5, 5.41) is 6.45. The van der Waals surface area contributed by atoms with E-state index in [-0.39, 0.29) is 24.4 Å². The summed E-state index contributed by atoms with van der Waals surface area (Å²) >= 11 is 0. The molecule has 7 heteroatoms. The number of aromatic nitrogens is 2. The molecule has 0 aliphatic carbocycles. The van der Waals surface area contributed by atoms with Crippen LogP contribution in [0.25, 0.3) is 12.2 Å². The zero-order chi connectivity index (χ0) is 20.5. The number of allylic oxidation sites excluding steroid dienone is 2. The first-order valence-electron chi connectivity index (χ1n) is 8.91. The number of benzene rings is 1. The molecule has 0 bridgehead atoms. The largest absolute Gasteiger partial charge is 0.359 e. The lowest BCUT2D eigenvalue weighted by atomic mass is 10.1. The minimum Gasteiger partial charge on any atom is -0.359 e. The summed E-state index contributed by atoms with van der Waals surface area (Å²) < 4.78 is 13.9. The minimum atomic E-state index is -0.447. The molecule has 1 heterocycles. The monoisotopic (exact) mass is 382 g/mol. The zero-order valence-electron chi connectivity index (χ0n) is 16.1. The molecule has 6 nitrogen and oxygen atoms in total. The van der Waals surface area contributed by atoms with Crippen molar-refractivity contribution < 1.29 is 14.0 Å². The fraction of sp³-hybridized carbons (Fsp3) is 0.238. The van der Waals surface area contributed by atoms with E-state index in [2.05, 4.69) is 20.6 Å². The standard InChI is InChI=1S/C21H23FN4O2/c1-4-6-7-18-17(5-2)26-19(13-24-18)21(28)25-15-9-10-16(22)14(12-15)8-11-20(27)23-3/h4-7,9-10,12-13H,8,11H2,1-3H3,(H,23,27)(H,25,28)/b6-4-,17-5+,18-7+. The molecular formula is C21H23FN4O2. The summed E-state index contributed by atoms with van der Waals surface area (Å²) in [6.07, 6.45) is 9.09. The smallest absolute Gasteiger partial charge is 0.275 e. The molecule has 1 aromatic heterocycles. The Hall–Kier alpha value is -3.35. The molecule has 146 valence electrons. The van der Waals surface area contributed by atoms with Gasteiger partial charge in [0.2, 0.25) is 5.91 Å². The third kappa shape index (κ3) is 5.57. The van der Waals surface area contributed by atoms with E-state index in [4.69, 9.17) is 0 Å². The molecule has 0 aliphatic heterocycles. The number of rotatable bonds is 6. The van der Waals surface area contributed by atoms with E-state index < -0.39 is 11.7 Å². The summed E-state index contributed by atoms with van der Waals surface area (Å²) in [6.45, 7) is 3.71. The molecule has 1 aromatic carbocycles. The highest BCUT2D eigenvalue weighted by Gasteiger charge is 2.11. The van der Waals surface area contributed by atoms with Crippen molar-refractivity contribution in [1.29, 1.82) is 0 Å². The quantitative estimate of drug-likeness (QED) is 0.797. The molecule has 2 N–H and O–H groups in total. The van der Waals surface area contributed by atoms with Crippen LogP contribution in [0.1, 0.15) is 36.3 Å². The van der Waals surface area contributed by atoms with Crippen LogP contribution in [0.5, 0.6) is 0 Å². The second-order valence-electron chi connectivity index (χ2n) is 5.94. The molecule has 0 atom stereocenters. The summed E-state index contributed by atoms with van der Waals surface area (Å²) in [7, 11) is 1.53. The van der Waals surface area contributed by atoms with Crippen molar-refractivity contribution in [3.63, 3.8) is 0 Å². The lowest BCUT2D eigenvalue weighted by Crippen LogP contribution is -2.33. The summed E-state index contributed by atoms with van der Waals surface area (Å²) in [4.78, 5) is 32.5. The van der Waals surface area contributed by atoms with Crippen LogP contribution < -0.4 is 21.3 Å². The lowest BCUT2D eigenvalue weighted by Gasteiger charge is -2.08. The van der Waals surface area contributed by atoms with Crippen molar-refractivity contribution in [2.45, 2.75) is 26.7 Å². The van der Waals surface area contributed by atoms with E-state index in [0.29, 0.717) is 21.9 Å². The molecule has 2 rings (SSSR count). The Balaban J connectivity index is 2.22. The van der Waals surface area contributed by atoms with Crippen LogP contribution >= 0.6 is 0 Å². The molecule has 0 radical (unpaired) electrons. The van der Waals surface area contributed by atoms with E-state index >= 15 is 0 Å². The Labute approximate surface area is 162 Å². The van der Waals surface area contributed by atoms with E-state index in [1.54, 1.807) is 6.08 Å². The van der Waals surface area contributed by atoms with Gasteiger partial charge in [-0.1, -0.05) is 18.2 Å². The Morgan fingerprint density at radius 1 is 1.21 bits per heavy atom. The third-order valence-electron chi connectivity index (χ3n) is 3.99. The van der Waals surface area contributed by atoms with Crippen LogP contribution in [0.3, 0.4) is 0 Å². The van der Waals surface area contributed by atoms with Gasteiger partial charge in [-0.05, 0) is 50.1 Å². The molecule has 0 fully saturated rings. The van der Waals surface area contributed by atoms with Crippen molar-refractivity contribution in [1.82, 2.24) is 15.3 Å². The van der Waals surface area contributed by atoms with Gasteiger partial charge in [-0.2, -0.15) is 0 Å². The Morgan fingerprint density at radius 2 is 2.00 bits per heavy atom. The maximum Gasteiger partial charge on any atom is 0.275 e. The first kappa shape index (κ1) is 21.0. The number of amides is 2. The van der Waals surface area contributed by atoms with Crippen LogP contribution in [0.2, 0.25) is 0 Å². The number of nitrogens with zero attached hydrogens (tertiary/aromatic N) is 2. The average Bonchev–Trinajstić information content (AvgIpc) is 2.71. The molecule has 0 aliphatic rings. The second-order valence-corrected chi connectivity index (χ2v) is 5.94. The Morgan fingerprint density at radius 3 is 2.68 bits per heavy atom. The van der Waals surface area contributed by atoms with Gasteiger partial charge < -0.3 is 10.6 Å². The van der Waals surface area contributed by atoms with E-state index in [1.807, 2.05) is 32.1 Å². The predicted molar refractivity (Wildman–Crippen MR) is 107 cm³/mol. The molecule has 0 unspecified atom stereocenters. The van der Waals surface area contributed by atoms with Crippen LogP contribution in [0, 0.1) is 5.82 Å². The van der Waals surface area contributed by atoms with Gasteiger partial charge in [-0.3, -0.25) is 14.6 Å². The van der Waals surface area contributed by atoms with E-state index in [1.165, 1.54) is 31.4 Å². The summed E-state index contributed by atoms with van der Waals surface area (Å²) in [6, 6.07) is 4.25. The topological polar surface area (TPSA) is 84.0 Å². The van der Waals surface area contributed by atoms with Gasteiger partial charge in [0.15, 0.2) is 0 Å². The number of carbonyl (C=O) groups is 2. The SMILES string of the molecule is C\C=C/C=c1/ncc(C(=O)Nc2ccc(F)c(CCC(=O)NC)c2)n/c1=C/C. The van der Waals surface area contributed by atoms with Gasteiger partial charge in [0.25, 0.3) is 5.91 Å². The van der Waals surface area contributed by atoms with Crippen molar-refractivity contribution >= 4 is 29.7 Å². The summed E-state index contributed by atoms with van der Waals surface area (Å²) in [5.41, 5.74) is 0.931. The lowest BCUT2D eigenvalue weighted by molar-refractivity contribution is -0.120. The van der Waals surface area contributed by atoms with Gasteiger partial charge in [0, 0.05) is 19.2 Å². The Bertz CT molecular complexity index is 1020. The van der Waals surface area contributed by atoms with Crippen LogP contribution in [0.15, 0.2) is 36.5 Å². The Kier molecular flexibility index (Phi) is 7.56. The number of anilines is 1. The van der Waals surface area contributed by atoms with Crippen LogP contribution in [-0.2, 0) is 11.2 Å². The van der Waals surface area contributed by atoms with E-state index in [9.17, 15) is 14.0 Å². The van der Waals surface area contributed by atoms with E-state index in [0.717, 1.165) is 0 Å². The summed E-state index contributed by atoms with van der Waals surface area (Å²) in [5.74, 6) is -1.05. The fourth-order valence-corrected chi connectivity index (χ4v) is 2.46. The number of hydrogen-bond donors (Lipinski definition) is 2.